The molecule has 1 saturated heterocycles. The third kappa shape index (κ3) is 4.05. The van der Waals surface area contributed by atoms with Crippen molar-refractivity contribution in [3.8, 4) is 5.69 Å². The van der Waals surface area contributed by atoms with Gasteiger partial charge < -0.3 is 19.7 Å². The molecule has 1 fully saturated rings. The molecule has 0 saturated carbocycles. The van der Waals surface area contributed by atoms with E-state index in [1.54, 1.807) is 0 Å². The molecule has 0 aliphatic carbocycles. The van der Waals surface area contributed by atoms with E-state index in [-0.39, 0.29) is 12.1 Å². The first-order valence-corrected chi connectivity index (χ1v) is 12.7. The average molecular weight is 496 g/mol. The van der Waals surface area contributed by atoms with E-state index in [0.29, 0.717) is 5.11 Å². The van der Waals surface area contributed by atoms with Gasteiger partial charge in [-0.3, -0.25) is 4.98 Å². The highest BCUT2D eigenvalue weighted by atomic mass is 32.1. The number of aryl methyl sites for hydroxylation is 3. The molecule has 2 atom stereocenters. The van der Waals surface area contributed by atoms with Gasteiger partial charge >= 0.3 is 0 Å². The molecular formula is C30H33N5S. The van der Waals surface area contributed by atoms with E-state index in [1.807, 2.05) is 18.3 Å². The summed E-state index contributed by atoms with van der Waals surface area (Å²) in [5.74, 6) is 0. The SMILES string of the molecule is Cc1cccc(C)c1-n1c(C)cc([C@H]2[C@H](c3ccccn3)NC(=S)N2c2ccc(N(C)C)cc2)c1C. The molecule has 2 aromatic carbocycles. The lowest BCUT2D eigenvalue weighted by atomic mass is 9.96. The number of hydrogen-bond acceptors (Lipinski definition) is 3. The average Bonchev–Trinajstić information content (AvgIpc) is 3.35. The smallest absolute Gasteiger partial charge is 0.174 e. The molecule has 1 aliphatic rings. The van der Waals surface area contributed by atoms with Crippen molar-refractivity contribution in [3.63, 3.8) is 0 Å². The second kappa shape index (κ2) is 9.43. The zero-order valence-corrected chi connectivity index (χ0v) is 22.6. The number of pyridine rings is 1. The predicted octanol–water partition coefficient (Wildman–Crippen LogP) is 6.35. The Morgan fingerprint density at radius 3 is 2.19 bits per heavy atom. The molecule has 5 rings (SSSR count). The summed E-state index contributed by atoms with van der Waals surface area (Å²) >= 11 is 5.95. The zero-order valence-electron chi connectivity index (χ0n) is 21.8. The fraction of sp³-hybridized carbons (Fsp3) is 0.267. The molecule has 36 heavy (non-hydrogen) atoms. The highest BCUT2D eigenvalue weighted by Gasteiger charge is 2.42. The van der Waals surface area contributed by atoms with Crippen molar-refractivity contribution in [2.45, 2.75) is 39.8 Å². The Balaban J connectivity index is 1.68. The lowest BCUT2D eigenvalue weighted by Gasteiger charge is -2.29. The molecule has 4 aromatic rings. The van der Waals surface area contributed by atoms with Gasteiger partial charge in [0.1, 0.15) is 0 Å². The second-order valence-corrected chi connectivity index (χ2v) is 10.2. The molecule has 1 aliphatic heterocycles. The van der Waals surface area contributed by atoms with E-state index in [2.05, 4.69) is 116 Å². The highest BCUT2D eigenvalue weighted by Crippen LogP contribution is 2.44. The number of aromatic nitrogens is 2. The van der Waals surface area contributed by atoms with Gasteiger partial charge in [-0.05, 0) is 99.1 Å². The third-order valence-electron chi connectivity index (χ3n) is 7.19. The fourth-order valence-corrected chi connectivity index (χ4v) is 5.80. The normalized spacial score (nSPS) is 17.4. The van der Waals surface area contributed by atoms with Crippen LogP contribution in [-0.2, 0) is 0 Å². The summed E-state index contributed by atoms with van der Waals surface area (Å²) in [4.78, 5) is 9.08. The number of thiocarbonyl (C=S) groups is 1. The molecule has 0 radical (unpaired) electrons. The maximum absolute atomic E-state index is 5.95. The van der Waals surface area contributed by atoms with Crippen LogP contribution in [0.1, 0.15) is 45.9 Å². The summed E-state index contributed by atoms with van der Waals surface area (Å²) in [5.41, 5.74) is 10.7. The monoisotopic (exact) mass is 495 g/mol. The summed E-state index contributed by atoms with van der Waals surface area (Å²) in [7, 11) is 4.11. The van der Waals surface area contributed by atoms with Crippen molar-refractivity contribution in [1.82, 2.24) is 14.9 Å². The Bertz CT molecular complexity index is 1390. The molecule has 1 N–H and O–H groups in total. The van der Waals surface area contributed by atoms with E-state index in [9.17, 15) is 0 Å². The topological polar surface area (TPSA) is 36.3 Å². The van der Waals surface area contributed by atoms with E-state index < -0.39 is 0 Å². The lowest BCUT2D eigenvalue weighted by molar-refractivity contribution is 0.565. The second-order valence-electron chi connectivity index (χ2n) is 9.81. The molecule has 0 amide bonds. The minimum absolute atomic E-state index is 0.0399. The standard InChI is InChI=1S/C30H33N5S/c1-19-10-9-11-20(2)28(19)34-21(3)18-25(22(34)4)29-27(26-12-7-8-17-31-26)32-30(36)35(29)24-15-13-23(14-16-24)33(5)6/h7-18,27,29H,1-6H3,(H,32,36)/t27-,29-/m0/s1. The number of benzene rings is 2. The molecule has 0 unspecified atom stereocenters. The van der Waals surface area contributed by atoms with E-state index >= 15 is 0 Å². The van der Waals surface area contributed by atoms with E-state index in [1.165, 1.54) is 33.8 Å². The maximum atomic E-state index is 5.95. The van der Waals surface area contributed by atoms with Crippen LogP contribution < -0.4 is 15.1 Å². The van der Waals surface area contributed by atoms with Crippen LogP contribution in [0.2, 0.25) is 0 Å². The van der Waals surface area contributed by atoms with Gasteiger partial charge in [0, 0.05) is 43.1 Å². The Labute approximate surface area is 219 Å². The first-order chi connectivity index (χ1) is 17.3. The lowest BCUT2D eigenvalue weighted by Crippen LogP contribution is -2.29. The highest BCUT2D eigenvalue weighted by molar-refractivity contribution is 7.80. The van der Waals surface area contributed by atoms with Crippen molar-refractivity contribution >= 4 is 28.7 Å². The zero-order chi connectivity index (χ0) is 25.6. The quantitative estimate of drug-likeness (QED) is 0.327. The summed E-state index contributed by atoms with van der Waals surface area (Å²) in [6, 6.07) is 23.4. The Morgan fingerprint density at radius 1 is 0.889 bits per heavy atom. The fourth-order valence-electron chi connectivity index (χ4n) is 5.45. The van der Waals surface area contributed by atoms with Gasteiger partial charge in [0.25, 0.3) is 0 Å². The van der Waals surface area contributed by atoms with Crippen LogP contribution >= 0.6 is 12.2 Å². The van der Waals surface area contributed by atoms with Gasteiger partial charge in [0.2, 0.25) is 0 Å². The number of para-hydroxylation sites is 1. The number of rotatable bonds is 5. The van der Waals surface area contributed by atoms with Gasteiger partial charge in [-0.15, -0.1) is 0 Å². The Morgan fingerprint density at radius 2 is 1.58 bits per heavy atom. The summed E-state index contributed by atoms with van der Waals surface area (Å²) in [6.07, 6.45) is 1.85. The van der Waals surface area contributed by atoms with Gasteiger partial charge in [0.15, 0.2) is 5.11 Å². The maximum Gasteiger partial charge on any atom is 0.174 e. The Hall–Kier alpha value is -3.64. The molecule has 6 heteroatoms. The van der Waals surface area contributed by atoms with E-state index in [0.717, 1.165) is 17.1 Å². The molecular weight excluding hydrogens is 462 g/mol. The van der Waals surface area contributed by atoms with Crippen molar-refractivity contribution in [2.75, 3.05) is 23.9 Å². The number of nitrogens with one attached hydrogen (secondary N) is 1. The first-order valence-electron chi connectivity index (χ1n) is 12.3. The van der Waals surface area contributed by atoms with Crippen LogP contribution in [0.25, 0.3) is 5.69 Å². The molecule has 2 aromatic heterocycles. The largest absolute Gasteiger partial charge is 0.378 e. The summed E-state index contributed by atoms with van der Waals surface area (Å²) < 4.78 is 2.39. The molecule has 184 valence electrons. The van der Waals surface area contributed by atoms with Crippen LogP contribution in [0.5, 0.6) is 0 Å². The van der Waals surface area contributed by atoms with Crippen molar-refractivity contribution in [1.29, 1.82) is 0 Å². The Kier molecular flexibility index (Phi) is 6.31. The number of anilines is 2. The van der Waals surface area contributed by atoms with E-state index in [4.69, 9.17) is 17.2 Å². The minimum Gasteiger partial charge on any atom is -0.378 e. The third-order valence-corrected chi connectivity index (χ3v) is 7.51. The minimum atomic E-state index is -0.0702. The van der Waals surface area contributed by atoms with Gasteiger partial charge in [-0.2, -0.15) is 0 Å². The summed E-state index contributed by atoms with van der Waals surface area (Å²) in [6.45, 7) is 8.78. The van der Waals surface area contributed by atoms with Crippen LogP contribution in [0.4, 0.5) is 11.4 Å². The number of nitrogens with zero attached hydrogens (tertiary/aromatic N) is 4. The predicted molar refractivity (Wildman–Crippen MR) is 153 cm³/mol. The molecule has 0 bridgehead atoms. The molecule has 3 heterocycles. The van der Waals surface area contributed by atoms with Crippen LogP contribution in [-0.4, -0.2) is 28.8 Å². The van der Waals surface area contributed by atoms with Gasteiger partial charge in [-0.1, -0.05) is 24.3 Å². The van der Waals surface area contributed by atoms with Crippen molar-refractivity contribution in [3.05, 3.63) is 107 Å². The molecule has 5 nitrogen and oxygen atoms in total. The van der Waals surface area contributed by atoms with Gasteiger partial charge in [-0.25, -0.2) is 0 Å². The van der Waals surface area contributed by atoms with Crippen LogP contribution in [0.15, 0.2) is 72.9 Å². The van der Waals surface area contributed by atoms with Crippen molar-refractivity contribution < 1.29 is 0 Å². The first kappa shape index (κ1) is 24.1. The van der Waals surface area contributed by atoms with Gasteiger partial charge in [0.05, 0.1) is 23.5 Å². The van der Waals surface area contributed by atoms with Crippen LogP contribution in [0, 0.1) is 27.7 Å². The number of hydrogen-bond donors (Lipinski definition) is 1. The molecule has 0 spiro atoms. The van der Waals surface area contributed by atoms with Crippen molar-refractivity contribution in [2.24, 2.45) is 0 Å². The summed E-state index contributed by atoms with van der Waals surface area (Å²) in [5, 5.41) is 4.31. The van der Waals surface area contributed by atoms with Crippen LogP contribution in [0.3, 0.4) is 0 Å².